The molecule has 0 aliphatic carbocycles. The zero-order valence-corrected chi connectivity index (χ0v) is 9.05. The zero-order chi connectivity index (χ0) is 11.4. The van der Waals surface area contributed by atoms with Gasteiger partial charge in [0.15, 0.2) is 5.69 Å². The lowest BCUT2D eigenvalue weighted by Gasteiger charge is -2.13. The van der Waals surface area contributed by atoms with Crippen LogP contribution in [0.2, 0.25) is 0 Å². The predicted octanol–water partition coefficient (Wildman–Crippen LogP) is 1.13. The van der Waals surface area contributed by atoms with E-state index < -0.39 is 0 Å². The molecular formula is C12H10N4O. The smallest absolute Gasteiger partial charge is 0.280 e. The molecule has 17 heavy (non-hydrogen) atoms. The first-order chi connectivity index (χ1) is 8.33. The lowest BCUT2D eigenvalue weighted by molar-refractivity contribution is 0.0803. The Labute approximate surface area is 97.3 Å². The molecule has 1 N–H and O–H groups in total. The average molecular weight is 226 g/mol. The van der Waals surface area contributed by atoms with E-state index in [1.807, 2.05) is 30.5 Å². The molecule has 5 heteroatoms. The molecule has 0 saturated carbocycles. The van der Waals surface area contributed by atoms with Crippen LogP contribution in [0, 0.1) is 0 Å². The molecule has 3 heterocycles. The molecule has 0 unspecified atom stereocenters. The van der Waals surface area contributed by atoms with E-state index in [9.17, 15) is 4.79 Å². The summed E-state index contributed by atoms with van der Waals surface area (Å²) in [4.78, 5) is 16.1. The highest BCUT2D eigenvalue weighted by molar-refractivity contribution is 6.05. The van der Waals surface area contributed by atoms with Gasteiger partial charge in [-0.05, 0) is 6.07 Å². The van der Waals surface area contributed by atoms with Gasteiger partial charge >= 0.3 is 0 Å². The fourth-order valence-electron chi connectivity index (χ4n) is 2.21. The number of aromatic nitrogens is 2. The minimum atomic E-state index is -0.0397. The predicted molar refractivity (Wildman–Crippen MR) is 61.9 cm³/mol. The number of rotatable bonds is 1. The van der Waals surface area contributed by atoms with Gasteiger partial charge in [0.25, 0.3) is 5.91 Å². The van der Waals surface area contributed by atoms with E-state index in [0.29, 0.717) is 12.4 Å². The summed E-state index contributed by atoms with van der Waals surface area (Å²) in [6.07, 6.45) is 1.91. The van der Waals surface area contributed by atoms with Crippen molar-refractivity contribution in [1.82, 2.24) is 20.0 Å². The number of hydrogen-bond donors (Lipinski definition) is 1. The summed E-state index contributed by atoms with van der Waals surface area (Å²) in [5.74, 6) is -0.0397. The van der Waals surface area contributed by atoms with Crippen LogP contribution < -0.4 is 0 Å². The quantitative estimate of drug-likeness (QED) is 0.742. The third-order valence-electron chi connectivity index (χ3n) is 3.22. The molecule has 2 aliphatic rings. The molecule has 1 aromatic carbocycles. The first kappa shape index (κ1) is 8.81. The van der Waals surface area contributed by atoms with Gasteiger partial charge in [-0.2, -0.15) is 5.10 Å². The summed E-state index contributed by atoms with van der Waals surface area (Å²) in [7, 11) is 0. The minimum Gasteiger partial charge on any atom is -0.348 e. The fourth-order valence-corrected chi connectivity index (χ4v) is 2.21. The van der Waals surface area contributed by atoms with Crippen molar-refractivity contribution in [2.75, 3.05) is 13.2 Å². The molecule has 2 aliphatic heterocycles. The standard InChI is InChI=1S/C12H10N4O/c17-12(16-6-8-5-15(8)7-16)11-9-3-1-2-4-10(9)13-14-11/h1-4,6H,5,7H2,(H,13,14). The van der Waals surface area contributed by atoms with Gasteiger partial charge in [0.05, 0.1) is 24.4 Å². The van der Waals surface area contributed by atoms with Crippen LogP contribution in [-0.4, -0.2) is 39.1 Å². The number of H-pyrrole nitrogens is 1. The van der Waals surface area contributed by atoms with E-state index in [-0.39, 0.29) is 5.91 Å². The lowest BCUT2D eigenvalue weighted by Crippen LogP contribution is -2.28. The second kappa shape index (κ2) is 2.88. The highest BCUT2D eigenvalue weighted by Crippen LogP contribution is 2.30. The minimum absolute atomic E-state index is 0.0397. The third-order valence-corrected chi connectivity index (χ3v) is 3.22. The number of amides is 1. The molecule has 0 atom stereocenters. The Balaban J connectivity index is 1.76. The van der Waals surface area contributed by atoms with Crippen LogP contribution in [-0.2, 0) is 0 Å². The summed E-state index contributed by atoms with van der Waals surface area (Å²) in [5.41, 5.74) is 2.63. The number of carbonyl (C=O) groups is 1. The van der Waals surface area contributed by atoms with Crippen LogP contribution >= 0.6 is 0 Å². The largest absolute Gasteiger partial charge is 0.348 e. The van der Waals surface area contributed by atoms with E-state index >= 15 is 0 Å². The van der Waals surface area contributed by atoms with E-state index in [1.54, 1.807) is 4.90 Å². The maximum Gasteiger partial charge on any atom is 0.280 e. The maximum absolute atomic E-state index is 12.3. The molecule has 1 aromatic heterocycles. The Hall–Kier alpha value is -2.30. The maximum atomic E-state index is 12.3. The van der Waals surface area contributed by atoms with Gasteiger partial charge in [0.2, 0.25) is 0 Å². The number of nitrogens with one attached hydrogen (secondary N) is 1. The number of aromatic amines is 1. The van der Waals surface area contributed by atoms with Gasteiger partial charge in [-0.1, -0.05) is 18.2 Å². The van der Waals surface area contributed by atoms with Crippen molar-refractivity contribution < 1.29 is 4.79 Å². The van der Waals surface area contributed by atoms with Crippen LogP contribution in [0.1, 0.15) is 10.5 Å². The van der Waals surface area contributed by atoms with E-state index in [2.05, 4.69) is 15.1 Å². The van der Waals surface area contributed by atoms with Crippen LogP contribution in [0.15, 0.2) is 36.2 Å². The van der Waals surface area contributed by atoms with Gasteiger partial charge in [-0.3, -0.25) is 14.8 Å². The molecule has 2 aromatic rings. The van der Waals surface area contributed by atoms with Crippen molar-refractivity contribution in [2.24, 2.45) is 0 Å². The topological polar surface area (TPSA) is 52.0 Å². The fraction of sp³-hybridized carbons (Fsp3) is 0.167. The highest BCUT2D eigenvalue weighted by Gasteiger charge is 2.36. The molecular weight excluding hydrogens is 216 g/mol. The van der Waals surface area contributed by atoms with Crippen LogP contribution in [0.5, 0.6) is 0 Å². The molecule has 0 spiro atoms. The number of para-hydroxylation sites is 1. The third kappa shape index (κ3) is 1.19. The molecule has 84 valence electrons. The molecule has 0 radical (unpaired) electrons. The van der Waals surface area contributed by atoms with E-state index in [4.69, 9.17) is 0 Å². The van der Waals surface area contributed by atoms with Gasteiger partial charge in [-0.15, -0.1) is 0 Å². The van der Waals surface area contributed by atoms with Gasteiger partial charge in [-0.25, -0.2) is 0 Å². The van der Waals surface area contributed by atoms with Crippen molar-refractivity contribution in [2.45, 2.75) is 0 Å². The van der Waals surface area contributed by atoms with Crippen molar-refractivity contribution >= 4 is 16.8 Å². The number of hydrogen-bond acceptors (Lipinski definition) is 3. The Morgan fingerprint density at radius 1 is 1.35 bits per heavy atom. The van der Waals surface area contributed by atoms with Crippen molar-refractivity contribution in [3.63, 3.8) is 0 Å². The summed E-state index contributed by atoms with van der Waals surface area (Å²) >= 11 is 0. The lowest BCUT2D eigenvalue weighted by atomic mass is 10.2. The summed E-state index contributed by atoms with van der Waals surface area (Å²) in [6, 6.07) is 7.67. The highest BCUT2D eigenvalue weighted by atomic mass is 16.2. The zero-order valence-electron chi connectivity index (χ0n) is 9.05. The Morgan fingerprint density at radius 3 is 3.06 bits per heavy atom. The van der Waals surface area contributed by atoms with Crippen molar-refractivity contribution in [3.8, 4) is 0 Å². The van der Waals surface area contributed by atoms with Crippen molar-refractivity contribution in [3.05, 3.63) is 41.9 Å². The molecule has 0 bridgehead atoms. The number of fused-ring (bicyclic) bond motifs is 2. The summed E-state index contributed by atoms with van der Waals surface area (Å²) in [6.45, 7) is 1.67. The summed E-state index contributed by atoms with van der Waals surface area (Å²) < 4.78 is 0. The second-order valence-electron chi connectivity index (χ2n) is 4.35. The monoisotopic (exact) mass is 226 g/mol. The normalized spacial score (nSPS) is 17.3. The summed E-state index contributed by atoms with van der Waals surface area (Å²) in [5, 5.41) is 7.88. The average Bonchev–Trinajstić information content (AvgIpc) is 2.80. The molecule has 5 nitrogen and oxygen atoms in total. The Bertz CT molecular complexity index is 657. The SMILES string of the molecule is O=C(c1n[nH]c2ccccc12)N1C=C2CN2C1. The first-order valence-electron chi connectivity index (χ1n) is 5.53. The van der Waals surface area contributed by atoms with Gasteiger partial charge < -0.3 is 4.90 Å². The van der Waals surface area contributed by atoms with Crippen LogP contribution in [0.25, 0.3) is 10.9 Å². The number of carbonyl (C=O) groups excluding carboxylic acids is 1. The van der Waals surface area contributed by atoms with Crippen LogP contribution in [0.3, 0.4) is 0 Å². The molecule has 1 fully saturated rings. The Kier molecular flexibility index (Phi) is 1.49. The van der Waals surface area contributed by atoms with Gasteiger partial charge in [0, 0.05) is 11.6 Å². The van der Waals surface area contributed by atoms with E-state index in [1.165, 1.54) is 5.70 Å². The second-order valence-corrected chi connectivity index (χ2v) is 4.35. The molecule has 1 saturated heterocycles. The number of nitrogens with zero attached hydrogens (tertiary/aromatic N) is 3. The van der Waals surface area contributed by atoms with Crippen LogP contribution in [0.4, 0.5) is 0 Å². The first-order valence-corrected chi connectivity index (χ1v) is 5.53. The molecule has 1 amide bonds. The number of benzene rings is 1. The Morgan fingerprint density at radius 2 is 2.24 bits per heavy atom. The van der Waals surface area contributed by atoms with Gasteiger partial charge in [0.1, 0.15) is 0 Å². The van der Waals surface area contributed by atoms with Crippen molar-refractivity contribution in [1.29, 1.82) is 0 Å². The van der Waals surface area contributed by atoms with E-state index in [0.717, 1.165) is 17.4 Å². The molecule has 4 rings (SSSR count).